The Morgan fingerprint density at radius 1 is 1.50 bits per heavy atom. The minimum Gasteiger partial charge on any atom is -0.376 e. The van der Waals surface area contributed by atoms with Gasteiger partial charge in [0.2, 0.25) is 0 Å². The number of carbonyl (C=O) groups excluding carboxylic acids is 1. The van der Waals surface area contributed by atoms with E-state index < -0.39 is 0 Å². The van der Waals surface area contributed by atoms with Crippen LogP contribution in [0.5, 0.6) is 0 Å². The van der Waals surface area contributed by atoms with Gasteiger partial charge in [-0.3, -0.25) is 0 Å². The first-order chi connectivity index (χ1) is 6.47. The highest BCUT2D eigenvalue weighted by molar-refractivity contribution is 5.74. The molecule has 0 aromatic rings. The van der Waals surface area contributed by atoms with Crippen molar-refractivity contribution < 1.29 is 9.53 Å². The summed E-state index contributed by atoms with van der Waals surface area (Å²) in [7, 11) is 0. The standard InChI is InChI=1S/C10H20N2O2/c1-10(2,3)12-9(13)11-7-8-5-4-6-14-8/h8H,4-7H2,1-3H3,(H2,11,12,13). The van der Waals surface area contributed by atoms with Crippen LogP contribution in [0.25, 0.3) is 0 Å². The van der Waals surface area contributed by atoms with Gasteiger partial charge in [0, 0.05) is 18.7 Å². The molecule has 2 N–H and O–H groups in total. The van der Waals surface area contributed by atoms with Gasteiger partial charge in [-0.25, -0.2) is 4.79 Å². The van der Waals surface area contributed by atoms with Crippen LogP contribution in [0.1, 0.15) is 33.6 Å². The summed E-state index contributed by atoms with van der Waals surface area (Å²) in [6.07, 6.45) is 2.36. The van der Waals surface area contributed by atoms with Gasteiger partial charge in [-0.05, 0) is 33.6 Å². The fourth-order valence-corrected chi connectivity index (χ4v) is 1.40. The number of nitrogens with one attached hydrogen (secondary N) is 2. The summed E-state index contributed by atoms with van der Waals surface area (Å²) in [5, 5.41) is 5.64. The Morgan fingerprint density at radius 3 is 2.71 bits per heavy atom. The van der Waals surface area contributed by atoms with Crippen molar-refractivity contribution in [2.24, 2.45) is 0 Å². The monoisotopic (exact) mass is 200 g/mol. The zero-order valence-electron chi connectivity index (χ0n) is 9.22. The molecule has 0 aliphatic carbocycles. The molecule has 4 heteroatoms. The van der Waals surface area contributed by atoms with Gasteiger partial charge in [0.15, 0.2) is 0 Å². The highest BCUT2D eigenvalue weighted by Crippen LogP contribution is 2.10. The minimum atomic E-state index is -0.180. The summed E-state index contributed by atoms with van der Waals surface area (Å²) in [5.74, 6) is 0. The Morgan fingerprint density at radius 2 is 2.21 bits per heavy atom. The highest BCUT2D eigenvalue weighted by Gasteiger charge is 2.18. The molecule has 1 aliphatic rings. The van der Waals surface area contributed by atoms with Crippen LogP contribution in [-0.4, -0.2) is 30.8 Å². The van der Waals surface area contributed by atoms with Crippen molar-refractivity contribution in [2.45, 2.75) is 45.3 Å². The van der Waals surface area contributed by atoms with Crippen molar-refractivity contribution in [1.82, 2.24) is 10.6 Å². The second-order valence-corrected chi connectivity index (χ2v) is 4.72. The lowest BCUT2D eigenvalue weighted by Crippen LogP contribution is -2.48. The number of carbonyl (C=O) groups is 1. The second-order valence-electron chi connectivity index (χ2n) is 4.72. The van der Waals surface area contributed by atoms with Crippen LogP contribution in [0.4, 0.5) is 4.79 Å². The Balaban J connectivity index is 2.14. The van der Waals surface area contributed by atoms with Crippen LogP contribution in [0, 0.1) is 0 Å². The number of urea groups is 1. The summed E-state index contributed by atoms with van der Waals surface area (Å²) >= 11 is 0. The fourth-order valence-electron chi connectivity index (χ4n) is 1.40. The zero-order valence-corrected chi connectivity index (χ0v) is 9.22. The first-order valence-corrected chi connectivity index (χ1v) is 5.15. The Kier molecular flexibility index (Phi) is 3.75. The van der Waals surface area contributed by atoms with Crippen molar-refractivity contribution in [1.29, 1.82) is 0 Å². The van der Waals surface area contributed by atoms with Gasteiger partial charge >= 0.3 is 6.03 Å². The number of amides is 2. The molecular formula is C10H20N2O2. The van der Waals surface area contributed by atoms with Crippen LogP contribution in [0.3, 0.4) is 0 Å². The highest BCUT2D eigenvalue weighted by atomic mass is 16.5. The molecule has 1 fully saturated rings. The molecule has 0 aromatic carbocycles. The van der Waals surface area contributed by atoms with E-state index in [2.05, 4.69) is 10.6 Å². The fraction of sp³-hybridized carbons (Fsp3) is 0.900. The van der Waals surface area contributed by atoms with Crippen molar-refractivity contribution in [3.63, 3.8) is 0 Å². The molecule has 0 radical (unpaired) electrons. The topological polar surface area (TPSA) is 50.4 Å². The van der Waals surface area contributed by atoms with Crippen LogP contribution in [0.2, 0.25) is 0 Å². The molecule has 1 saturated heterocycles. The summed E-state index contributed by atoms with van der Waals surface area (Å²) in [5.41, 5.74) is -0.180. The average Bonchev–Trinajstić information content (AvgIpc) is 2.49. The number of hydrogen-bond donors (Lipinski definition) is 2. The number of ether oxygens (including phenoxy) is 1. The van der Waals surface area contributed by atoms with Crippen LogP contribution < -0.4 is 10.6 Å². The van der Waals surface area contributed by atoms with Crippen molar-refractivity contribution in [2.75, 3.05) is 13.2 Å². The van der Waals surface area contributed by atoms with Gasteiger partial charge in [-0.2, -0.15) is 0 Å². The van der Waals surface area contributed by atoms with E-state index in [0.717, 1.165) is 19.4 Å². The smallest absolute Gasteiger partial charge is 0.315 e. The van der Waals surface area contributed by atoms with E-state index in [4.69, 9.17) is 4.74 Å². The molecule has 1 aliphatic heterocycles. The summed E-state index contributed by atoms with van der Waals surface area (Å²) < 4.78 is 5.39. The van der Waals surface area contributed by atoms with E-state index in [-0.39, 0.29) is 17.7 Å². The molecule has 1 unspecified atom stereocenters. The molecule has 2 amide bonds. The maximum absolute atomic E-state index is 11.3. The van der Waals surface area contributed by atoms with E-state index in [9.17, 15) is 4.79 Å². The molecule has 1 heterocycles. The van der Waals surface area contributed by atoms with Crippen molar-refractivity contribution >= 4 is 6.03 Å². The predicted molar refractivity (Wildman–Crippen MR) is 55.3 cm³/mol. The van der Waals surface area contributed by atoms with Gasteiger partial charge < -0.3 is 15.4 Å². The van der Waals surface area contributed by atoms with E-state index in [0.29, 0.717) is 6.54 Å². The van der Waals surface area contributed by atoms with Crippen molar-refractivity contribution in [3.05, 3.63) is 0 Å². The van der Waals surface area contributed by atoms with Gasteiger partial charge in [0.05, 0.1) is 6.10 Å². The maximum atomic E-state index is 11.3. The molecule has 14 heavy (non-hydrogen) atoms. The summed E-state index contributed by atoms with van der Waals surface area (Å²) in [6.45, 7) is 7.31. The molecule has 0 bridgehead atoms. The average molecular weight is 200 g/mol. The first-order valence-electron chi connectivity index (χ1n) is 5.15. The van der Waals surface area contributed by atoms with E-state index in [1.165, 1.54) is 0 Å². The van der Waals surface area contributed by atoms with Gasteiger partial charge in [-0.15, -0.1) is 0 Å². The zero-order chi connectivity index (χ0) is 10.6. The molecule has 1 atom stereocenters. The molecule has 0 aromatic heterocycles. The van der Waals surface area contributed by atoms with Gasteiger partial charge in [-0.1, -0.05) is 0 Å². The molecule has 0 saturated carbocycles. The van der Waals surface area contributed by atoms with Crippen LogP contribution in [0.15, 0.2) is 0 Å². The Labute approximate surface area is 85.4 Å². The van der Waals surface area contributed by atoms with Crippen LogP contribution in [-0.2, 0) is 4.74 Å². The lowest BCUT2D eigenvalue weighted by Gasteiger charge is -2.21. The molecule has 0 spiro atoms. The third-order valence-electron chi connectivity index (χ3n) is 2.00. The predicted octanol–water partition coefficient (Wildman–Crippen LogP) is 1.26. The van der Waals surface area contributed by atoms with E-state index in [1.807, 2.05) is 20.8 Å². The lowest BCUT2D eigenvalue weighted by molar-refractivity contribution is 0.111. The third kappa shape index (κ3) is 4.46. The molecule has 4 nitrogen and oxygen atoms in total. The Hall–Kier alpha value is -0.770. The first kappa shape index (κ1) is 11.3. The maximum Gasteiger partial charge on any atom is 0.315 e. The number of rotatable bonds is 2. The molecule has 1 rings (SSSR count). The quantitative estimate of drug-likeness (QED) is 0.705. The Bertz CT molecular complexity index is 193. The van der Waals surface area contributed by atoms with Gasteiger partial charge in [0.25, 0.3) is 0 Å². The largest absolute Gasteiger partial charge is 0.376 e. The minimum absolute atomic E-state index is 0.118. The number of hydrogen-bond acceptors (Lipinski definition) is 2. The van der Waals surface area contributed by atoms with E-state index >= 15 is 0 Å². The summed E-state index contributed by atoms with van der Waals surface area (Å²) in [4.78, 5) is 11.3. The van der Waals surface area contributed by atoms with Crippen molar-refractivity contribution in [3.8, 4) is 0 Å². The SMILES string of the molecule is CC(C)(C)NC(=O)NCC1CCCO1. The molecular weight excluding hydrogens is 180 g/mol. The normalized spacial score (nSPS) is 22.1. The van der Waals surface area contributed by atoms with Gasteiger partial charge in [0.1, 0.15) is 0 Å². The van der Waals surface area contributed by atoms with Crippen LogP contribution >= 0.6 is 0 Å². The molecule has 82 valence electrons. The third-order valence-corrected chi connectivity index (χ3v) is 2.00. The van der Waals surface area contributed by atoms with E-state index in [1.54, 1.807) is 0 Å². The summed E-state index contributed by atoms with van der Waals surface area (Å²) in [6, 6.07) is -0.118. The second kappa shape index (κ2) is 4.64. The lowest BCUT2D eigenvalue weighted by atomic mass is 10.1.